The van der Waals surface area contributed by atoms with E-state index < -0.39 is 0 Å². The summed E-state index contributed by atoms with van der Waals surface area (Å²) in [5.41, 5.74) is 1.78. The first-order valence-electron chi connectivity index (χ1n) is 9.01. The molecule has 0 aromatic heterocycles. The van der Waals surface area contributed by atoms with E-state index in [-0.39, 0.29) is 36.9 Å². The van der Waals surface area contributed by atoms with Gasteiger partial charge in [-0.1, -0.05) is 11.6 Å². The van der Waals surface area contributed by atoms with Gasteiger partial charge in [-0.2, -0.15) is 0 Å². The molecule has 28 heavy (non-hydrogen) atoms. The Hall–Kier alpha value is -3.06. The summed E-state index contributed by atoms with van der Waals surface area (Å²) in [6.07, 6.45) is 1.89. The van der Waals surface area contributed by atoms with Gasteiger partial charge in [0.25, 0.3) is 5.91 Å². The Kier molecular flexibility index (Phi) is 6.49. The third-order valence-corrected chi connectivity index (χ3v) is 4.41. The van der Waals surface area contributed by atoms with E-state index in [1.54, 1.807) is 48.5 Å². The molecule has 2 aromatic carbocycles. The molecule has 2 aromatic rings. The van der Waals surface area contributed by atoms with Crippen molar-refractivity contribution in [2.45, 2.75) is 12.8 Å². The van der Waals surface area contributed by atoms with Crippen molar-refractivity contribution < 1.29 is 14.4 Å². The van der Waals surface area contributed by atoms with Crippen molar-refractivity contribution in [3.63, 3.8) is 0 Å². The number of hydrogen-bond donors (Lipinski definition) is 4. The first kappa shape index (κ1) is 19.7. The summed E-state index contributed by atoms with van der Waals surface area (Å²) in [5.74, 6) is -0.0903. The van der Waals surface area contributed by atoms with Crippen LogP contribution in [0.25, 0.3) is 0 Å². The van der Waals surface area contributed by atoms with Gasteiger partial charge in [-0.25, -0.2) is 4.79 Å². The van der Waals surface area contributed by atoms with Gasteiger partial charge in [-0.05, 0) is 61.4 Å². The number of urea groups is 1. The summed E-state index contributed by atoms with van der Waals surface area (Å²) < 4.78 is 0. The molecule has 7 nitrogen and oxygen atoms in total. The second kappa shape index (κ2) is 9.23. The number of nitrogens with one attached hydrogen (secondary N) is 4. The fourth-order valence-corrected chi connectivity index (χ4v) is 2.58. The molecule has 0 radical (unpaired) electrons. The monoisotopic (exact) mass is 400 g/mol. The molecule has 1 fully saturated rings. The third kappa shape index (κ3) is 5.99. The molecule has 1 aliphatic rings. The lowest BCUT2D eigenvalue weighted by atomic mass is 10.2. The van der Waals surface area contributed by atoms with Gasteiger partial charge in [0.05, 0.1) is 0 Å². The topological polar surface area (TPSA) is 99.3 Å². The zero-order valence-electron chi connectivity index (χ0n) is 15.1. The van der Waals surface area contributed by atoms with Gasteiger partial charge in [-0.3, -0.25) is 9.59 Å². The first-order chi connectivity index (χ1) is 13.5. The first-order valence-corrected chi connectivity index (χ1v) is 9.38. The lowest BCUT2D eigenvalue weighted by Gasteiger charge is -2.09. The van der Waals surface area contributed by atoms with Crippen LogP contribution in [0.4, 0.5) is 16.2 Å². The van der Waals surface area contributed by atoms with Crippen molar-refractivity contribution in [3.8, 4) is 0 Å². The highest BCUT2D eigenvalue weighted by atomic mass is 35.5. The van der Waals surface area contributed by atoms with Crippen LogP contribution in [-0.4, -0.2) is 30.9 Å². The largest absolute Gasteiger partial charge is 0.350 e. The highest BCUT2D eigenvalue weighted by molar-refractivity contribution is 6.30. The molecule has 1 aliphatic carbocycles. The molecule has 4 N–H and O–H groups in total. The van der Waals surface area contributed by atoms with Gasteiger partial charge < -0.3 is 21.3 Å². The number of hydrogen-bond acceptors (Lipinski definition) is 3. The summed E-state index contributed by atoms with van der Waals surface area (Å²) in [6, 6.07) is 13.1. The van der Waals surface area contributed by atoms with Crippen LogP contribution in [0.15, 0.2) is 48.5 Å². The highest BCUT2D eigenvalue weighted by Gasteiger charge is 2.29. The van der Waals surface area contributed by atoms with Crippen LogP contribution in [0.5, 0.6) is 0 Å². The van der Waals surface area contributed by atoms with Crippen LogP contribution in [-0.2, 0) is 4.79 Å². The van der Waals surface area contributed by atoms with Crippen LogP contribution >= 0.6 is 11.6 Å². The lowest BCUT2D eigenvalue weighted by Crippen LogP contribution is -2.36. The SMILES string of the molecule is O=C(NCCNC(=O)c1ccc(NC(=O)C2CC2)cc1)Nc1ccc(Cl)cc1. The van der Waals surface area contributed by atoms with E-state index in [2.05, 4.69) is 21.3 Å². The van der Waals surface area contributed by atoms with E-state index in [0.29, 0.717) is 22.0 Å². The molecule has 3 rings (SSSR count). The smallest absolute Gasteiger partial charge is 0.319 e. The standard InChI is InChI=1S/C20H21ClN4O3/c21-15-5-9-17(10-6-15)25-20(28)23-12-11-22-18(26)13-3-7-16(8-4-13)24-19(27)14-1-2-14/h3-10,14H,1-2,11-12H2,(H,22,26)(H,24,27)(H2,23,25,28). The molecule has 8 heteroatoms. The average molecular weight is 401 g/mol. The van der Waals surface area contributed by atoms with Crippen LogP contribution in [0.3, 0.4) is 0 Å². The van der Waals surface area contributed by atoms with E-state index in [9.17, 15) is 14.4 Å². The zero-order chi connectivity index (χ0) is 19.9. The average Bonchev–Trinajstić information content (AvgIpc) is 3.53. The van der Waals surface area contributed by atoms with Crippen molar-refractivity contribution in [3.05, 3.63) is 59.1 Å². The Morgan fingerprint density at radius 3 is 2.04 bits per heavy atom. The maximum Gasteiger partial charge on any atom is 0.319 e. The van der Waals surface area contributed by atoms with E-state index in [0.717, 1.165) is 12.8 Å². The van der Waals surface area contributed by atoms with Gasteiger partial charge in [-0.15, -0.1) is 0 Å². The number of benzene rings is 2. The number of carbonyl (C=O) groups is 3. The predicted molar refractivity (Wildman–Crippen MR) is 109 cm³/mol. The summed E-state index contributed by atoms with van der Waals surface area (Å²) >= 11 is 5.79. The van der Waals surface area contributed by atoms with Crippen molar-refractivity contribution >= 4 is 40.8 Å². The summed E-state index contributed by atoms with van der Waals surface area (Å²) in [7, 11) is 0. The van der Waals surface area contributed by atoms with Crippen LogP contribution < -0.4 is 21.3 Å². The van der Waals surface area contributed by atoms with Crippen LogP contribution in [0.1, 0.15) is 23.2 Å². The second-order valence-corrected chi connectivity index (χ2v) is 6.92. The summed E-state index contributed by atoms with van der Waals surface area (Å²) in [4.78, 5) is 35.6. The Labute approximate surface area is 167 Å². The Morgan fingerprint density at radius 1 is 0.821 bits per heavy atom. The van der Waals surface area contributed by atoms with E-state index in [4.69, 9.17) is 11.6 Å². The van der Waals surface area contributed by atoms with Crippen molar-refractivity contribution in [2.24, 2.45) is 5.92 Å². The van der Waals surface area contributed by atoms with Gasteiger partial charge in [0, 0.05) is 41.0 Å². The maximum absolute atomic E-state index is 12.1. The van der Waals surface area contributed by atoms with Gasteiger partial charge in [0.1, 0.15) is 0 Å². The van der Waals surface area contributed by atoms with E-state index in [1.807, 2.05) is 0 Å². The molecule has 1 saturated carbocycles. The number of halogens is 1. The second-order valence-electron chi connectivity index (χ2n) is 6.48. The Bertz CT molecular complexity index is 849. The molecular weight excluding hydrogens is 380 g/mol. The Balaban J connectivity index is 1.36. The third-order valence-electron chi connectivity index (χ3n) is 4.16. The molecule has 0 heterocycles. The molecule has 0 spiro atoms. The van der Waals surface area contributed by atoms with Gasteiger partial charge in [0.2, 0.25) is 5.91 Å². The van der Waals surface area contributed by atoms with Crippen LogP contribution in [0, 0.1) is 5.92 Å². The van der Waals surface area contributed by atoms with Crippen molar-refractivity contribution in [1.29, 1.82) is 0 Å². The van der Waals surface area contributed by atoms with Gasteiger partial charge in [0.15, 0.2) is 0 Å². The molecule has 0 saturated heterocycles. The van der Waals surface area contributed by atoms with E-state index in [1.165, 1.54) is 0 Å². The fourth-order valence-electron chi connectivity index (χ4n) is 2.46. The van der Waals surface area contributed by atoms with Crippen molar-refractivity contribution in [2.75, 3.05) is 23.7 Å². The van der Waals surface area contributed by atoms with Crippen LogP contribution in [0.2, 0.25) is 5.02 Å². The molecule has 0 bridgehead atoms. The van der Waals surface area contributed by atoms with Crippen molar-refractivity contribution in [1.82, 2.24) is 10.6 Å². The highest BCUT2D eigenvalue weighted by Crippen LogP contribution is 2.30. The molecule has 0 unspecified atom stereocenters. The molecular formula is C20H21ClN4O3. The quantitative estimate of drug-likeness (QED) is 0.537. The Morgan fingerprint density at radius 2 is 1.39 bits per heavy atom. The molecule has 0 aliphatic heterocycles. The lowest BCUT2D eigenvalue weighted by molar-refractivity contribution is -0.117. The molecule has 0 atom stereocenters. The number of amides is 4. The minimum Gasteiger partial charge on any atom is -0.350 e. The number of carbonyl (C=O) groups excluding carboxylic acids is 3. The fraction of sp³-hybridized carbons (Fsp3) is 0.250. The number of rotatable bonds is 7. The maximum atomic E-state index is 12.1. The minimum absolute atomic E-state index is 0.0279. The summed E-state index contributed by atoms with van der Waals surface area (Å²) in [6.45, 7) is 0.563. The normalized spacial score (nSPS) is 12.8. The number of anilines is 2. The predicted octanol–water partition coefficient (Wildman–Crippen LogP) is 3.24. The zero-order valence-corrected chi connectivity index (χ0v) is 15.9. The van der Waals surface area contributed by atoms with Gasteiger partial charge >= 0.3 is 6.03 Å². The summed E-state index contributed by atoms with van der Waals surface area (Å²) in [5, 5.41) is 11.5. The minimum atomic E-state index is -0.368. The molecule has 4 amide bonds. The molecule has 146 valence electrons. The van der Waals surface area contributed by atoms with E-state index >= 15 is 0 Å².